The summed E-state index contributed by atoms with van der Waals surface area (Å²) in [7, 11) is 6.02. The molecule has 170 valence electrons. The molecule has 0 fully saturated rings. The zero-order valence-electron chi connectivity index (χ0n) is 18.6. The molecule has 1 aliphatic rings. The number of hydrogen-bond acceptors (Lipinski definition) is 8. The van der Waals surface area contributed by atoms with Crippen LogP contribution in [0.15, 0.2) is 35.5 Å². The molecule has 0 saturated carbocycles. The van der Waals surface area contributed by atoms with Crippen molar-refractivity contribution in [2.24, 2.45) is 5.16 Å². The molecule has 0 saturated heterocycles. The number of anilines is 1. The van der Waals surface area contributed by atoms with Gasteiger partial charge >= 0.3 is 0 Å². The fourth-order valence-corrected chi connectivity index (χ4v) is 3.82. The number of carbonyl (C=O) groups excluding carboxylic acids is 1. The number of rotatable bonds is 7. The van der Waals surface area contributed by atoms with Crippen molar-refractivity contribution in [1.29, 1.82) is 0 Å². The minimum Gasteiger partial charge on any atom is -0.495 e. The third kappa shape index (κ3) is 4.19. The number of oxime groups is 1. The van der Waals surface area contributed by atoms with E-state index in [1.165, 1.54) is 35.4 Å². The van der Waals surface area contributed by atoms with Crippen LogP contribution in [-0.2, 0) is 4.79 Å². The first-order chi connectivity index (χ1) is 15.4. The van der Waals surface area contributed by atoms with Crippen LogP contribution in [0.5, 0.6) is 23.0 Å². The lowest BCUT2D eigenvalue weighted by Gasteiger charge is -2.16. The fraction of sp³-hybridized carbons (Fsp3) is 0.304. The van der Waals surface area contributed by atoms with Crippen molar-refractivity contribution in [1.82, 2.24) is 0 Å². The summed E-state index contributed by atoms with van der Waals surface area (Å²) in [5.41, 5.74) is 3.17. The number of benzene rings is 2. The number of ether oxygens (including phenoxy) is 4. The van der Waals surface area contributed by atoms with E-state index in [0.717, 1.165) is 5.56 Å². The summed E-state index contributed by atoms with van der Waals surface area (Å²) in [4.78, 5) is 11.6. The van der Waals surface area contributed by atoms with Crippen molar-refractivity contribution in [3.05, 3.63) is 41.5 Å². The Kier molecular flexibility index (Phi) is 6.89. The van der Waals surface area contributed by atoms with Crippen molar-refractivity contribution < 1.29 is 34.1 Å². The van der Waals surface area contributed by atoms with E-state index < -0.39 is 6.10 Å². The average molecular weight is 442 g/mol. The van der Waals surface area contributed by atoms with Crippen LogP contribution in [0, 0.1) is 0 Å². The summed E-state index contributed by atoms with van der Waals surface area (Å²) < 4.78 is 21.6. The molecule has 1 unspecified atom stereocenters. The molecule has 1 aliphatic carbocycles. The van der Waals surface area contributed by atoms with Crippen LogP contribution >= 0.6 is 0 Å². The zero-order valence-corrected chi connectivity index (χ0v) is 18.6. The molecule has 9 nitrogen and oxygen atoms in total. The van der Waals surface area contributed by atoms with E-state index in [9.17, 15) is 15.1 Å². The minimum absolute atomic E-state index is 0.117. The summed E-state index contributed by atoms with van der Waals surface area (Å²) in [6.07, 6.45) is -0.813. The maximum Gasteiger partial charge on any atom is 0.221 e. The lowest BCUT2D eigenvalue weighted by Crippen LogP contribution is -2.15. The number of nitrogens with one attached hydrogen (secondary N) is 1. The van der Waals surface area contributed by atoms with Crippen LogP contribution in [-0.4, -0.2) is 56.5 Å². The third-order valence-corrected chi connectivity index (χ3v) is 5.19. The van der Waals surface area contributed by atoms with Crippen LogP contribution in [0.2, 0.25) is 0 Å². The van der Waals surface area contributed by atoms with Crippen LogP contribution in [0.1, 0.15) is 24.5 Å². The Morgan fingerprint density at radius 2 is 1.59 bits per heavy atom. The van der Waals surface area contributed by atoms with E-state index in [-0.39, 0.29) is 18.0 Å². The van der Waals surface area contributed by atoms with Gasteiger partial charge in [0.15, 0.2) is 11.5 Å². The maximum atomic E-state index is 11.6. The molecule has 3 N–H and O–H groups in total. The zero-order chi connectivity index (χ0) is 23.4. The topological polar surface area (TPSA) is 119 Å². The lowest BCUT2D eigenvalue weighted by molar-refractivity contribution is -0.114. The van der Waals surface area contributed by atoms with Gasteiger partial charge < -0.3 is 34.6 Å². The van der Waals surface area contributed by atoms with Crippen LogP contribution < -0.4 is 24.3 Å². The molecular weight excluding hydrogens is 416 g/mol. The molecule has 32 heavy (non-hydrogen) atoms. The van der Waals surface area contributed by atoms with Gasteiger partial charge in [0.25, 0.3) is 0 Å². The van der Waals surface area contributed by atoms with E-state index in [4.69, 9.17) is 18.9 Å². The number of hydrogen-bond donors (Lipinski definition) is 3. The number of amides is 1. The van der Waals surface area contributed by atoms with Crippen molar-refractivity contribution >= 4 is 28.5 Å². The molecule has 0 radical (unpaired) electrons. The summed E-state index contributed by atoms with van der Waals surface area (Å²) in [5, 5.41) is 26.4. The number of aliphatic hydroxyl groups is 1. The first kappa shape index (κ1) is 23.0. The molecule has 0 aromatic heterocycles. The lowest BCUT2D eigenvalue weighted by atomic mass is 9.95. The van der Waals surface area contributed by atoms with Crippen molar-refractivity contribution in [3.63, 3.8) is 0 Å². The summed E-state index contributed by atoms with van der Waals surface area (Å²) in [6.45, 7) is 1.41. The molecule has 0 heterocycles. The predicted octanol–water partition coefficient (Wildman–Crippen LogP) is 3.19. The molecule has 0 aliphatic heterocycles. The van der Waals surface area contributed by atoms with E-state index in [0.29, 0.717) is 45.4 Å². The second kappa shape index (κ2) is 9.61. The number of nitrogens with zero attached hydrogens (tertiary/aromatic N) is 1. The van der Waals surface area contributed by atoms with Crippen LogP contribution in [0.4, 0.5) is 5.69 Å². The molecule has 1 amide bonds. The van der Waals surface area contributed by atoms with Gasteiger partial charge in [-0.25, -0.2) is 0 Å². The normalized spacial score (nSPS) is 16.8. The van der Waals surface area contributed by atoms with Crippen molar-refractivity contribution in [2.45, 2.75) is 19.4 Å². The van der Waals surface area contributed by atoms with Crippen molar-refractivity contribution in [3.8, 4) is 23.0 Å². The van der Waals surface area contributed by atoms with Crippen LogP contribution in [0.3, 0.4) is 0 Å². The number of carbonyl (C=O) groups is 1. The second-order valence-electron chi connectivity index (χ2n) is 7.07. The fourth-order valence-electron chi connectivity index (χ4n) is 3.82. The Hall–Kier alpha value is -3.72. The number of methoxy groups -OCH3 is 4. The highest BCUT2D eigenvalue weighted by molar-refractivity contribution is 6.35. The molecular formula is C23H26N2O7. The van der Waals surface area contributed by atoms with Gasteiger partial charge in [0.05, 0.1) is 34.1 Å². The maximum absolute atomic E-state index is 11.6. The largest absolute Gasteiger partial charge is 0.495 e. The smallest absolute Gasteiger partial charge is 0.221 e. The van der Waals surface area contributed by atoms with E-state index >= 15 is 0 Å². The highest BCUT2D eigenvalue weighted by atomic mass is 16.5. The molecule has 0 spiro atoms. The number of aliphatic hydroxyl groups excluding tert-OH is 1. The second-order valence-corrected chi connectivity index (χ2v) is 7.07. The Morgan fingerprint density at radius 3 is 2.09 bits per heavy atom. The Labute approximate surface area is 185 Å². The van der Waals surface area contributed by atoms with Crippen LogP contribution in [0.25, 0.3) is 11.1 Å². The molecule has 2 aromatic rings. The molecule has 1 atom stereocenters. The van der Waals surface area contributed by atoms with Gasteiger partial charge in [0.2, 0.25) is 11.7 Å². The van der Waals surface area contributed by atoms with Gasteiger partial charge in [-0.15, -0.1) is 0 Å². The SMILES string of the molecule is COc1ccc(C2=C(c3cc(OC)c(OC)c(OC)c3)/C(=N\O)C(O)C2)cc1NC(C)=O. The van der Waals surface area contributed by atoms with E-state index in [1.54, 1.807) is 24.3 Å². The highest BCUT2D eigenvalue weighted by Gasteiger charge is 2.33. The summed E-state index contributed by atoms with van der Waals surface area (Å²) in [6, 6.07) is 8.72. The average Bonchev–Trinajstić information content (AvgIpc) is 3.13. The van der Waals surface area contributed by atoms with Gasteiger partial charge in [-0.2, -0.15) is 0 Å². The Bertz CT molecular complexity index is 1070. The standard InChI is InChI=1S/C23H26N2O7/c1-12(26)24-16-8-13(6-7-18(16)29-2)15-11-17(27)22(25-28)21(15)14-9-19(30-3)23(32-5)20(10-14)31-4/h6-10,17,27-28H,11H2,1-5H3,(H,24,26)/b25-22-. The van der Waals surface area contributed by atoms with Gasteiger partial charge in [0.1, 0.15) is 17.6 Å². The van der Waals surface area contributed by atoms with E-state index in [1.807, 2.05) is 6.07 Å². The van der Waals surface area contributed by atoms with Crippen molar-refractivity contribution in [2.75, 3.05) is 33.8 Å². The highest BCUT2D eigenvalue weighted by Crippen LogP contribution is 2.45. The monoisotopic (exact) mass is 442 g/mol. The summed E-state index contributed by atoms with van der Waals surface area (Å²) in [5.74, 6) is 1.50. The summed E-state index contributed by atoms with van der Waals surface area (Å²) >= 11 is 0. The van der Waals surface area contributed by atoms with Gasteiger partial charge in [-0.05, 0) is 41.0 Å². The molecule has 3 rings (SSSR count). The molecule has 9 heteroatoms. The Morgan fingerprint density at radius 1 is 0.969 bits per heavy atom. The minimum atomic E-state index is -1.02. The predicted molar refractivity (Wildman–Crippen MR) is 120 cm³/mol. The third-order valence-electron chi connectivity index (χ3n) is 5.19. The van der Waals surface area contributed by atoms with Gasteiger partial charge in [-0.1, -0.05) is 11.2 Å². The van der Waals surface area contributed by atoms with Gasteiger partial charge in [0, 0.05) is 18.9 Å². The molecule has 2 aromatic carbocycles. The first-order valence-electron chi connectivity index (χ1n) is 9.78. The Balaban J connectivity index is 2.27. The van der Waals surface area contributed by atoms with E-state index in [2.05, 4.69) is 10.5 Å². The van der Waals surface area contributed by atoms with Gasteiger partial charge in [-0.3, -0.25) is 4.79 Å². The molecule has 0 bridgehead atoms. The quantitative estimate of drug-likeness (QED) is 0.445. The first-order valence-corrected chi connectivity index (χ1v) is 9.78.